The number of amides is 1. The standard InChI is InChI=1S/C19H29FN2O3/c1-13(2)18(21)19(24)22-9-7-16(8-10-22)25-17-6-5-15(20)12-14(17)4-3-11-23/h5-6,12-13,16,18,23H,3-4,7-11,21H2,1-2H3/t18-/m0/s1. The van der Waals surface area contributed by atoms with Crippen LogP contribution in [0.15, 0.2) is 18.2 Å². The maximum atomic E-state index is 13.5. The largest absolute Gasteiger partial charge is 0.490 e. The summed E-state index contributed by atoms with van der Waals surface area (Å²) in [6, 6.07) is 4.04. The van der Waals surface area contributed by atoms with Gasteiger partial charge in [0.15, 0.2) is 0 Å². The number of nitrogens with zero attached hydrogens (tertiary/aromatic N) is 1. The lowest BCUT2D eigenvalue weighted by molar-refractivity contribution is -0.135. The minimum absolute atomic E-state index is 0.00105. The van der Waals surface area contributed by atoms with Crippen molar-refractivity contribution in [3.63, 3.8) is 0 Å². The van der Waals surface area contributed by atoms with Gasteiger partial charge in [-0.3, -0.25) is 4.79 Å². The first-order valence-electron chi connectivity index (χ1n) is 9.02. The molecule has 1 atom stereocenters. The van der Waals surface area contributed by atoms with Crippen LogP contribution in [0.1, 0.15) is 38.7 Å². The van der Waals surface area contributed by atoms with Crippen LogP contribution in [0.3, 0.4) is 0 Å². The summed E-state index contributed by atoms with van der Waals surface area (Å²) >= 11 is 0. The smallest absolute Gasteiger partial charge is 0.239 e. The fourth-order valence-electron chi connectivity index (χ4n) is 3.00. The van der Waals surface area contributed by atoms with E-state index in [0.717, 1.165) is 18.4 Å². The first-order chi connectivity index (χ1) is 11.9. The SMILES string of the molecule is CC(C)[C@H](N)C(=O)N1CCC(Oc2ccc(F)cc2CCCO)CC1. The van der Waals surface area contributed by atoms with Crippen molar-refractivity contribution in [1.29, 1.82) is 0 Å². The van der Waals surface area contributed by atoms with E-state index in [1.807, 2.05) is 18.7 Å². The summed E-state index contributed by atoms with van der Waals surface area (Å²) in [5, 5.41) is 8.99. The molecular formula is C19H29FN2O3. The van der Waals surface area contributed by atoms with Gasteiger partial charge < -0.3 is 20.5 Å². The summed E-state index contributed by atoms with van der Waals surface area (Å²) in [7, 11) is 0. The third kappa shape index (κ3) is 5.41. The van der Waals surface area contributed by atoms with E-state index in [-0.39, 0.29) is 30.4 Å². The second kappa shape index (κ2) is 9.15. The number of piperidine rings is 1. The highest BCUT2D eigenvalue weighted by atomic mass is 19.1. The molecule has 0 spiro atoms. The number of benzene rings is 1. The monoisotopic (exact) mass is 352 g/mol. The van der Waals surface area contributed by atoms with Crippen molar-refractivity contribution in [3.05, 3.63) is 29.6 Å². The second-order valence-electron chi connectivity index (χ2n) is 6.99. The van der Waals surface area contributed by atoms with Crippen molar-refractivity contribution in [2.45, 2.75) is 51.7 Å². The van der Waals surface area contributed by atoms with E-state index in [4.69, 9.17) is 15.6 Å². The molecule has 0 aliphatic carbocycles. The van der Waals surface area contributed by atoms with E-state index in [0.29, 0.717) is 31.7 Å². The highest BCUT2D eigenvalue weighted by molar-refractivity contribution is 5.82. The molecule has 2 rings (SSSR count). The lowest BCUT2D eigenvalue weighted by Gasteiger charge is -2.34. The Bertz CT molecular complexity index is 572. The molecule has 0 aromatic heterocycles. The summed E-state index contributed by atoms with van der Waals surface area (Å²) in [5.41, 5.74) is 6.72. The summed E-state index contributed by atoms with van der Waals surface area (Å²) in [4.78, 5) is 14.1. The van der Waals surface area contributed by atoms with Gasteiger partial charge in [0.2, 0.25) is 5.91 Å². The molecule has 1 fully saturated rings. The molecule has 6 heteroatoms. The number of aliphatic hydroxyl groups is 1. The molecule has 1 saturated heterocycles. The number of aryl methyl sites for hydroxylation is 1. The number of carbonyl (C=O) groups excluding carboxylic acids is 1. The highest BCUT2D eigenvalue weighted by Gasteiger charge is 2.28. The molecule has 1 aliphatic heterocycles. The van der Waals surface area contributed by atoms with Gasteiger partial charge in [-0.15, -0.1) is 0 Å². The van der Waals surface area contributed by atoms with Crippen LogP contribution in [0.2, 0.25) is 0 Å². The normalized spacial score (nSPS) is 17.0. The van der Waals surface area contributed by atoms with E-state index >= 15 is 0 Å². The molecule has 1 aliphatic rings. The number of nitrogens with two attached hydrogens (primary N) is 1. The third-order valence-corrected chi connectivity index (χ3v) is 4.68. The lowest BCUT2D eigenvalue weighted by Crippen LogP contribution is -2.50. The van der Waals surface area contributed by atoms with Crippen LogP contribution in [0.4, 0.5) is 4.39 Å². The van der Waals surface area contributed by atoms with E-state index in [2.05, 4.69) is 0 Å². The number of hydrogen-bond acceptors (Lipinski definition) is 4. The van der Waals surface area contributed by atoms with Gasteiger partial charge in [-0.25, -0.2) is 4.39 Å². The van der Waals surface area contributed by atoms with E-state index < -0.39 is 6.04 Å². The van der Waals surface area contributed by atoms with Gasteiger partial charge in [0.1, 0.15) is 17.7 Å². The molecule has 0 radical (unpaired) electrons. The number of halogens is 1. The minimum Gasteiger partial charge on any atom is -0.490 e. The molecule has 1 heterocycles. The van der Waals surface area contributed by atoms with Gasteiger partial charge in [0.05, 0.1) is 6.04 Å². The molecule has 25 heavy (non-hydrogen) atoms. The Labute approximate surface area is 149 Å². The summed E-state index contributed by atoms with van der Waals surface area (Å²) < 4.78 is 19.5. The fourth-order valence-corrected chi connectivity index (χ4v) is 3.00. The number of carbonyl (C=O) groups is 1. The van der Waals surface area contributed by atoms with Gasteiger partial charge in [-0.1, -0.05) is 13.8 Å². The Hall–Kier alpha value is -1.66. The highest BCUT2D eigenvalue weighted by Crippen LogP contribution is 2.25. The average Bonchev–Trinajstić information content (AvgIpc) is 2.61. The molecule has 0 unspecified atom stereocenters. The summed E-state index contributed by atoms with van der Waals surface area (Å²) in [5.74, 6) is 0.482. The first kappa shape index (κ1) is 19.7. The van der Waals surface area contributed by atoms with E-state index in [1.165, 1.54) is 12.1 Å². The molecule has 1 aromatic rings. The van der Waals surface area contributed by atoms with Crippen molar-refractivity contribution in [3.8, 4) is 5.75 Å². The van der Waals surface area contributed by atoms with Gasteiger partial charge in [-0.2, -0.15) is 0 Å². The van der Waals surface area contributed by atoms with Crippen LogP contribution in [-0.2, 0) is 11.2 Å². The predicted molar refractivity (Wildman–Crippen MR) is 94.9 cm³/mol. The zero-order valence-electron chi connectivity index (χ0n) is 15.1. The van der Waals surface area contributed by atoms with Crippen LogP contribution in [0.25, 0.3) is 0 Å². The molecule has 5 nitrogen and oxygen atoms in total. The molecule has 1 aromatic carbocycles. The van der Waals surface area contributed by atoms with Gasteiger partial charge in [0, 0.05) is 32.5 Å². The van der Waals surface area contributed by atoms with Gasteiger partial charge >= 0.3 is 0 Å². The number of ether oxygens (including phenoxy) is 1. The maximum absolute atomic E-state index is 13.5. The third-order valence-electron chi connectivity index (χ3n) is 4.68. The second-order valence-corrected chi connectivity index (χ2v) is 6.99. The molecule has 3 N–H and O–H groups in total. The van der Waals surface area contributed by atoms with Crippen LogP contribution in [0, 0.1) is 11.7 Å². The number of likely N-dealkylation sites (tertiary alicyclic amines) is 1. The van der Waals surface area contributed by atoms with E-state index in [1.54, 1.807) is 6.07 Å². The van der Waals surface area contributed by atoms with Crippen molar-refractivity contribution < 1.29 is 19.0 Å². The minimum atomic E-state index is -0.459. The average molecular weight is 352 g/mol. The summed E-state index contributed by atoms with van der Waals surface area (Å²) in [6.07, 6.45) is 2.60. The van der Waals surface area contributed by atoms with E-state index in [9.17, 15) is 9.18 Å². The van der Waals surface area contributed by atoms with Crippen molar-refractivity contribution in [2.24, 2.45) is 11.7 Å². The number of hydrogen-bond donors (Lipinski definition) is 2. The van der Waals surface area contributed by atoms with Crippen molar-refractivity contribution >= 4 is 5.91 Å². The zero-order chi connectivity index (χ0) is 18.4. The lowest BCUT2D eigenvalue weighted by atomic mass is 10.0. The topological polar surface area (TPSA) is 75.8 Å². The first-order valence-corrected chi connectivity index (χ1v) is 9.02. The Morgan fingerprint density at radius 2 is 2.08 bits per heavy atom. The van der Waals surface area contributed by atoms with Crippen LogP contribution < -0.4 is 10.5 Å². The van der Waals surface area contributed by atoms with Crippen LogP contribution in [0.5, 0.6) is 5.75 Å². The molecule has 0 bridgehead atoms. The Morgan fingerprint density at radius 1 is 1.40 bits per heavy atom. The maximum Gasteiger partial charge on any atom is 0.239 e. The molecule has 0 saturated carbocycles. The Kier molecular flexibility index (Phi) is 7.20. The van der Waals surface area contributed by atoms with Gasteiger partial charge in [-0.05, 0) is 42.5 Å². The Balaban J connectivity index is 1.93. The van der Waals surface area contributed by atoms with Crippen LogP contribution >= 0.6 is 0 Å². The van der Waals surface area contributed by atoms with Crippen LogP contribution in [-0.4, -0.2) is 47.8 Å². The Morgan fingerprint density at radius 3 is 2.68 bits per heavy atom. The quantitative estimate of drug-likeness (QED) is 0.788. The van der Waals surface area contributed by atoms with Crippen molar-refractivity contribution in [1.82, 2.24) is 4.90 Å². The van der Waals surface area contributed by atoms with Gasteiger partial charge in [0.25, 0.3) is 0 Å². The summed E-state index contributed by atoms with van der Waals surface area (Å²) in [6.45, 7) is 5.20. The number of rotatable bonds is 7. The predicted octanol–water partition coefficient (Wildman–Crippen LogP) is 2.10. The zero-order valence-corrected chi connectivity index (χ0v) is 15.1. The fraction of sp³-hybridized carbons (Fsp3) is 0.632. The molecule has 1 amide bonds. The number of aliphatic hydroxyl groups excluding tert-OH is 1. The molecular weight excluding hydrogens is 323 g/mol. The van der Waals surface area contributed by atoms with Crippen molar-refractivity contribution in [2.75, 3.05) is 19.7 Å². The molecule has 140 valence electrons.